The average Bonchev–Trinajstić information content (AvgIpc) is 2.44. The Balaban J connectivity index is 2.16. The van der Waals surface area contributed by atoms with Gasteiger partial charge in [-0.2, -0.15) is 0 Å². The standard InChI is InChI=1S/C7H9N5O/c8-7(13)12-2-1-5-3-9-4-6(5)10-11-12/h1,3-4,10-11H,2H2,(H2,8,13). The van der Waals surface area contributed by atoms with Gasteiger partial charge in [0.05, 0.1) is 18.4 Å². The first-order valence-electron chi connectivity index (χ1n) is 3.80. The van der Waals surface area contributed by atoms with Crippen LogP contribution in [0.5, 0.6) is 0 Å². The quantitative estimate of drug-likeness (QED) is 0.457. The monoisotopic (exact) mass is 179 g/mol. The molecule has 2 aliphatic rings. The minimum atomic E-state index is -0.526. The van der Waals surface area contributed by atoms with E-state index in [2.05, 4.69) is 16.0 Å². The third-order valence-corrected chi connectivity index (χ3v) is 1.81. The molecule has 0 aromatic heterocycles. The zero-order valence-electron chi connectivity index (χ0n) is 6.82. The summed E-state index contributed by atoms with van der Waals surface area (Å²) in [6.45, 7) is 0.418. The molecule has 2 heterocycles. The third-order valence-electron chi connectivity index (χ3n) is 1.81. The van der Waals surface area contributed by atoms with E-state index < -0.39 is 6.03 Å². The Bertz CT molecular complexity index is 330. The number of hydrogen-bond acceptors (Lipinski definition) is 4. The SMILES string of the molecule is NC(=O)N1CC=C2C=NC=C2NN1. The van der Waals surface area contributed by atoms with Gasteiger partial charge in [0.15, 0.2) is 0 Å². The molecule has 0 spiro atoms. The average molecular weight is 179 g/mol. The molecule has 68 valence electrons. The lowest BCUT2D eigenvalue weighted by Gasteiger charge is -2.17. The first-order valence-corrected chi connectivity index (χ1v) is 3.80. The molecule has 0 bridgehead atoms. The number of nitrogens with one attached hydrogen (secondary N) is 2. The third kappa shape index (κ3) is 1.38. The molecule has 13 heavy (non-hydrogen) atoms. The smallest absolute Gasteiger partial charge is 0.330 e. The molecule has 0 unspecified atom stereocenters. The number of primary amides is 1. The van der Waals surface area contributed by atoms with Crippen molar-refractivity contribution in [3.63, 3.8) is 0 Å². The van der Waals surface area contributed by atoms with Crippen molar-refractivity contribution in [1.29, 1.82) is 0 Å². The van der Waals surface area contributed by atoms with E-state index in [1.807, 2.05) is 6.08 Å². The van der Waals surface area contributed by atoms with Gasteiger partial charge in [-0.05, 0) is 0 Å². The van der Waals surface area contributed by atoms with Crippen LogP contribution in [0.25, 0.3) is 0 Å². The summed E-state index contributed by atoms with van der Waals surface area (Å²) in [5, 5.41) is 1.26. The highest BCUT2D eigenvalue weighted by Crippen LogP contribution is 2.11. The highest BCUT2D eigenvalue weighted by atomic mass is 16.2. The molecular formula is C7H9N5O. The van der Waals surface area contributed by atoms with E-state index in [1.54, 1.807) is 12.4 Å². The van der Waals surface area contributed by atoms with Gasteiger partial charge in [-0.15, -0.1) is 5.53 Å². The van der Waals surface area contributed by atoms with E-state index in [0.29, 0.717) is 6.54 Å². The minimum Gasteiger partial charge on any atom is -0.350 e. The summed E-state index contributed by atoms with van der Waals surface area (Å²) in [5.74, 6) is 0. The van der Waals surface area contributed by atoms with E-state index in [-0.39, 0.29) is 0 Å². The molecule has 0 aromatic rings. The van der Waals surface area contributed by atoms with Gasteiger partial charge in [-0.1, -0.05) is 6.08 Å². The van der Waals surface area contributed by atoms with E-state index >= 15 is 0 Å². The number of hydrazine groups is 2. The van der Waals surface area contributed by atoms with E-state index in [1.165, 1.54) is 5.01 Å². The topological polar surface area (TPSA) is 82.8 Å². The fraction of sp³-hybridized carbons (Fsp3) is 0.143. The van der Waals surface area contributed by atoms with Crippen LogP contribution in [0.15, 0.2) is 28.5 Å². The van der Waals surface area contributed by atoms with Crippen molar-refractivity contribution < 1.29 is 4.79 Å². The Hall–Kier alpha value is -1.82. The molecule has 2 aliphatic heterocycles. The van der Waals surface area contributed by atoms with Gasteiger partial charge >= 0.3 is 6.03 Å². The van der Waals surface area contributed by atoms with Gasteiger partial charge in [0.25, 0.3) is 0 Å². The molecule has 6 heteroatoms. The number of fused-ring (bicyclic) bond motifs is 1. The van der Waals surface area contributed by atoms with Crippen molar-refractivity contribution in [2.24, 2.45) is 10.7 Å². The molecule has 2 amide bonds. The van der Waals surface area contributed by atoms with E-state index in [4.69, 9.17) is 5.73 Å². The number of urea groups is 1. The zero-order valence-corrected chi connectivity index (χ0v) is 6.82. The summed E-state index contributed by atoms with van der Waals surface area (Å²) in [5.41, 5.74) is 12.4. The Morgan fingerprint density at radius 3 is 3.31 bits per heavy atom. The summed E-state index contributed by atoms with van der Waals surface area (Å²) in [4.78, 5) is 14.7. The van der Waals surface area contributed by atoms with Crippen LogP contribution < -0.4 is 16.7 Å². The molecule has 0 saturated heterocycles. The number of nitrogens with zero attached hydrogens (tertiary/aromatic N) is 2. The maximum atomic E-state index is 10.8. The summed E-state index contributed by atoms with van der Waals surface area (Å²) in [7, 11) is 0. The van der Waals surface area contributed by atoms with Crippen LogP contribution in [0.1, 0.15) is 0 Å². The summed E-state index contributed by atoms with van der Waals surface area (Å²) < 4.78 is 0. The van der Waals surface area contributed by atoms with Crippen molar-refractivity contribution in [2.75, 3.05) is 6.54 Å². The Labute approximate surface area is 74.7 Å². The van der Waals surface area contributed by atoms with Crippen molar-refractivity contribution in [3.05, 3.63) is 23.5 Å². The number of amides is 2. The van der Waals surface area contributed by atoms with Gasteiger partial charge in [0, 0.05) is 11.8 Å². The van der Waals surface area contributed by atoms with Crippen LogP contribution in [0.2, 0.25) is 0 Å². The largest absolute Gasteiger partial charge is 0.350 e. The number of nitrogens with two attached hydrogens (primary N) is 1. The summed E-state index contributed by atoms with van der Waals surface area (Å²) >= 11 is 0. The van der Waals surface area contributed by atoms with Crippen LogP contribution in [0.4, 0.5) is 4.79 Å². The number of allylic oxidation sites excluding steroid dienone is 1. The number of carbonyl (C=O) groups is 1. The van der Waals surface area contributed by atoms with Crippen molar-refractivity contribution >= 4 is 12.2 Å². The second-order valence-electron chi connectivity index (χ2n) is 2.67. The van der Waals surface area contributed by atoms with Crippen LogP contribution in [-0.2, 0) is 0 Å². The second kappa shape index (κ2) is 2.91. The maximum Gasteiger partial charge on any atom is 0.330 e. The van der Waals surface area contributed by atoms with Gasteiger partial charge < -0.3 is 11.2 Å². The number of carbonyl (C=O) groups excluding carboxylic acids is 1. The molecular weight excluding hydrogens is 170 g/mol. The van der Waals surface area contributed by atoms with Crippen molar-refractivity contribution in [2.45, 2.75) is 0 Å². The van der Waals surface area contributed by atoms with Crippen LogP contribution in [-0.4, -0.2) is 23.8 Å². The molecule has 0 aliphatic carbocycles. The predicted octanol–water partition coefficient (Wildman–Crippen LogP) is -0.758. The number of rotatable bonds is 0. The number of aliphatic imine (C=N–C) groups is 1. The lowest BCUT2D eigenvalue weighted by atomic mass is 10.2. The van der Waals surface area contributed by atoms with Gasteiger partial charge in [0.1, 0.15) is 0 Å². The Morgan fingerprint density at radius 1 is 1.69 bits per heavy atom. The van der Waals surface area contributed by atoms with Crippen LogP contribution in [0, 0.1) is 0 Å². The maximum absolute atomic E-state index is 10.8. The first kappa shape index (κ1) is 7.81. The molecule has 6 nitrogen and oxygen atoms in total. The molecule has 2 rings (SSSR count). The Morgan fingerprint density at radius 2 is 2.54 bits per heavy atom. The molecule has 0 saturated carbocycles. The lowest BCUT2D eigenvalue weighted by Crippen LogP contribution is -2.50. The fourth-order valence-corrected chi connectivity index (χ4v) is 1.11. The molecule has 0 radical (unpaired) electrons. The lowest BCUT2D eigenvalue weighted by molar-refractivity contribution is 0.179. The van der Waals surface area contributed by atoms with E-state index in [9.17, 15) is 4.79 Å². The van der Waals surface area contributed by atoms with Crippen molar-refractivity contribution in [3.8, 4) is 0 Å². The fourth-order valence-electron chi connectivity index (χ4n) is 1.11. The molecule has 0 aromatic carbocycles. The summed E-state index contributed by atoms with van der Waals surface area (Å²) in [6, 6.07) is -0.526. The minimum absolute atomic E-state index is 0.418. The highest BCUT2D eigenvalue weighted by molar-refractivity contribution is 5.88. The normalized spacial score (nSPS) is 19.8. The zero-order chi connectivity index (χ0) is 9.26. The number of hydrogen-bond donors (Lipinski definition) is 3. The second-order valence-corrected chi connectivity index (χ2v) is 2.67. The van der Waals surface area contributed by atoms with Gasteiger partial charge in [-0.25, -0.2) is 9.80 Å². The molecule has 0 atom stereocenters. The van der Waals surface area contributed by atoms with Crippen LogP contribution >= 0.6 is 0 Å². The van der Waals surface area contributed by atoms with Gasteiger partial charge in [-0.3, -0.25) is 4.99 Å². The van der Waals surface area contributed by atoms with Crippen LogP contribution in [0.3, 0.4) is 0 Å². The van der Waals surface area contributed by atoms with Gasteiger partial charge in [0.2, 0.25) is 0 Å². The molecule has 0 fully saturated rings. The molecule has 4 N–H and O–H groups in total. The van der Waals surface area contributed by atoms with Crippen molar-refractivity contribution in [1.82, 2.24) is 16.0 Å². The van der Waals surface area contributed by atoms with E-state index in [0.717, 1.165) is 11.3 Å². The highest BCUT2D eigenvalue weighted by Gasteiger charge is 2.15. The Kier molecular flexibility index (Phi) is 1.75. The first-order chi connectivity index (χ1) is 6.27. The summed E-state index contributed by atoms with van der Waals surface area (Å²) in [6.07, 6.45) is 5.25. The predicted molar refractivity (Wildman–Crippen MR) is 47.2 cm³/mol.